The second-order valence-corrected chi connectivity index (χ2v) is 32.1. The van der Waals surface area contributed by atoms with E-state index in [0.29, 0.717) is 53.4 Å². The van der Waals surface area contributed by atoms with E-state index in [4.69, 9.17) is 39.5 Å². The molecule has 44 nitrogen and oxygen atoms in total. The molecule has 708 valence electrons. The number of H-pyrrole nitrogens is 1. The monoisotopic (exact) mass is 1840 g/mol. The van der Waals surface area contributed by atoms with E-state index in [1.165, 1.54) is 6.92 Å². The van der Waals surface area contributed by atoms with E-state index in [2.05, 4.69) is 115 Å². The first-order valence-corrected chi connectivity index (χ1v) is 44.1. The van der Waals surface area contributed by atoms with Crippen molar-refractivity contribution in [2.24, 2.45) is 28.7 Å². The van der Waals surface area contributed by atoms with Crippen LogP contribution < -0.4 is 114 Å². The van der Waals surface area contributed by atoms with Crippen molar-refractivity contribution in [1.82, 2.24) is 95.0 Å². The van der Waals surface area contributed by atoms with Crippen LogP contribution >= 0.6 is 25.3 Å². The van der Waals surface area contributed by atoms with Gasteiger partial charge < -0.3 is 139 Å². The minimum atomic E-state index is -1.85. The van der Waals surface area contributed by atoms with Crippen molar-refractivity contribution >= 4 is 143 Å². The molecule has 6 rings (SSSR count). The number of nitrogens with zero attached hydrogens (tertiary/aromatic N) is 1. The summed E-state index contributed by atoms with van der Waals surface area (Å²) in [5.74, 6) is -16.9. The van der Waals surface area contributed by atoms with Gasteiger partial charge in [0.25, 0.3) is 0 Å². The number of nitrogens with two attached hydrogens (primary N) is 5. The number of aliphatic hydroxyl groups is 2. The van der Waals surface area contributed by atoms with Crippen LogP contribution in [0.4, 0.5) is 0 Å². The van der Waals surface area contributed by atoms with Crippen molar-refractivity contribution in [3.05, 3.63) is 108 Å². The maximum atomic E-state index is 15.3. The minimum Gasteiger partial charge on any atom is -0.480 e. The van der Waals surface area contributed by atoms with Gasteiger partial charge in [-0.2, -0.15) is 25.3 Å². The summed E-state index contributed by atoms with van der Waals surface area (Å²) in [6.45, 7) is 0.213. The number of hydrogen-bond donors (Lipinski definition) is 29. The molecular formula is C83H125N25O19S2. The smallest absolute Gasteiger partial charge is 0.326 e. The molecule has 2 aliphatic rings. The lowest BCUT2D eigenvalue weighted by atomic mass is 10.0. The number of benzene rings is 3. The summed E-state index contributed by atoms with van der Waals surface area (Å²) in [5, 5.41) is 88.2. The second kappa shape index (κ2) is 55.5. The fraction of sp³-hybridized carbons (Fsp3) is 0.542. The van der Waals surface area contributed by atoms with Crippen LogP contribution in [0.25, 0.3) is 10.9 Å². The van der Waals surface area contributed by atoms with Crippen molar-refractivity contribution in [2.45, 2.75) is 220 Å². The molecule has 32 N–H and O–H groups in total. The number of fused-ring (bicyclic) bond motifs is 1. The second-order valence-electron chi connectivity index (χ2n) is 31.4. The van der Waals surface area contributed by atoms with Gasteiger partial charge in [0, 0.05) is 73.9 Å². The van der Waals surface area contributed by atoms with Crippen LogP contribution in [0, 0.1) is 10.8 Å². The molecule has 0 radical (unpaired) electrons. The van der Waals surface area contributed by atoms with Crippen LogP contribution in [0.1, 0.15) is 126 Å². The number of unbranched alkanes of at least 4 members (excludes halogenated alkanes) is 2. The van der Waals surface area contributed by atoms with Gasteiger partial charge in [-0.1, -0.05) is 78.9 Å². The Morgan fingerprint density at radius 2 is 0.853 bits per heavy atom. The molecule has 4 aromatic rings. The number of guanidine groups is 2. The zero-order valence-electron chi connectivity index (χ0n) is 71.9. The summed E-state index contributed by atoms with van der Waals surface area (Å²) in [7, 11) is 0. The average molecular weight is 1840 g/mol. The lowest BCUT2D eigenvalue weighted by Gasteiger charge is -2.31. The summed E-state index contributed by atoms with van der Waals surface area (Å²) in [6, 6.07) is 2.47. The number of aliphatic carboxylic acids is 1. The highest BCUT2D eigenvalue weighted by atomic mass is 32.1. The molecule has 0 aliphatic carbocycles. The largest absolute Gasteiger partial charge is 0.480 e. The maximum absolute atomic E-state index is 15.3. The Balaban J connectivity index is 1.16. The van der Waals surface area contributed by atoms with Gasteiger partial charge in [-0.25, -0.2) is 4.79 Å². The van der Waals surface area contributed by atoms with Crippen LogP contribution in [-0.4, -0.2) is 286 Å². The molecular weight excluding hydrogens is 1720 g/mol. The van der Waals surface area contributed by atoms with E-state index in [1.807, 2.05) is 0 Å². The molecule has 15 atom stereocenters. The molecule has 46 heteroatoms. The maximum Gasteiger partial charge on any atom is 0.326 e. The highest BCUT2D eigenvalue weighted by Gasteiger charge is 2.42. The van der Waals surface area contributed by atoms with Crippen molar-refractivity contribution < 1.29 is 92.0 Å². The third-order valence-corrected chi connectivity index (χ3v) is 22.2. The third kappa shape index (κ3) is 35.4. The number of rotatable bonds is 57. The van der Waals surface area contributed by atoms with Gasteiger partial charge in [0.15, 0.2) is 11.9 Å². The zero-order valence-corrected chi connectivity index (χ0v) is 73.7. The minimum absolute atomic E-state index is 0.00823. The van der Waals surface area contributed by atoms with Crippen molar-refractivity contribution in [2.75, 3.05) is 64.0 Å². The number of thiol groups is 2. The molecule has 0 spiro atoms. The number of likely N-dealkylation sites (tertiary alicyclic amines) is 1. The predicted octanol–water partition coefficient (Wildman–Crippen LogP) is -6.76. The van der Waals surface area contributed by atoms with Crippen LogP contribution in [0.2, 0.25) is 0 Å². The Morgan fingerprint density at radius 1 is 0.450 bits per heavy atom. The molecule has 3 aromatic carbocycles. The summed E-state index contributed by atoms with van der Waals surface area (Å²) in [5.41, 5.74) is 30.5. The molecule has 0 saturated carbocycles. The van der Waals surface area contributed by atoms with E-state index >= 15 is 4.79 Å². The normalized spacial score (nSPS) is 16.5. The number of nitrogens with one attached hydrogen (secondary N) is 19. The number of aromatic amines is 1. The Morgan fingerprint density at radius 3 is 1.33 bits per heavy atom. The standard InChI is InChI=1S/C83H125N25O19S2/c1-46(67(112)100-57(81(126)127)28-16-36-93-83(89)90)95-73(118)58(38-47-18-4-2-5-19-47)102-70(115)54(25-11-13-33-85)96-69(114)53(24-10-12-32-84)97-72(117)56(30-31-66(86)111)99-78(123)64(45-129)107-76(121)62(43-110)105-79(124)65-29-17-37-108(65)80(125)60(40-49-41-94-51-23-9-8-22-50(49)51)103-71(116)55(27-15-35-92-82(87)88)98-77(122)63(44-128)106-75(120)61(42-109)104-74(119)59(39-48-20-6-3-7-21-48)101-68(113)52-26-14-34-91-52/h2-9,18-23,41,46,52-65,91,94,109-110,128-129H,10-17,24-40,42-45,84-85H2,1H3,(H2,86,111)(H,95,118)(H,96,114)(H,97,117)(H,98,122)(H,99,123)(H,100,112)(H,101,113)(H,102,115)(H,103,116)(H,104,119)(H,105,124)(H,106,120)(H,107,121)(H,126,127)(H4,87,88,92)(H4,89,90,93)/t46-,52-,53-,54-,55-,56-,57-,58-,59-,60-,61-,62-,63-,64-,65-/m0/s1. The summed E-state index contributed by atoms with van der Waals surface area (Å²) in [4.78, 5) is 229. The molecule has 0 unspecified atom stereocenters. The van der Waals surface area contributed by atoms with Crippen LogP contribution in [0.3, 0.4) is 0 Å². The molecule has 1 aromatic heterocycles. The van der Waals surface area contributed by atoms with Gasteiger partial charge >= 0.3 is 5.97 Å². The number of aliphatic hydroxyl groups excluding tert-OH is 2. The molecule has 3 heterocycles. The molecule has 2 aliphatic heterocycles. The summed E-state index contributed by atoms with van der Waals surface area (Å²) >= 11 is 8.60. The number of aromatic nitrogens is 1. The first-order valence-electron chi connectivity index (χ1n) is 42.9. The van der Waals surface area contributed by atoms with E-state index in [-0.39, 0.29) is 122 Å². The number of carboxylic acids is 1. The predicted molar refractivity (Wildman–Crippen MR) is 481 cm³/mol. The van der Waals surface area contributed by atoms with Crippen LogP contribution in [0.15, 0.2) is 91.1 Å². The lowest BCUT2D eigenvalue weighted by Crippen LogP contribution is -2.61. The number of primary amides is 1. The van der Waals surface area contributed by atoms with Gasteiger partial charge in [-0.15, -0.1) is 0 Å². The topological polar surface area (TPSA) is 723 Å². The Hall–Kier alpha value is -12.2. The number of carbonyl (C=O) groups excluding carboxylic acids is 15. The number of carbonyl (C=O) groups is 16. The number of amides is 15. The summed E-state index contributed by atoms with van der Waals surface area (Å²) in [6.07, 6.45) is 2.65. The van der Waals surface area contributed by atoms with Gasteiger partial charge in [0.1, 0.15) is 84.6 Å². The first kappa shape index (κ1) is 106. The highest BCUT2D eigenvalue weighted by Crippen LogP contribution is 2.25. The third-order valence-electron chi connectivity index (χ3n) is 21.5. The Labute approximate surface area is 756 Å². The Bertz CT molecular complexity index is 4460. The quantitative estimate of drug-likeness (QED) is 0.00845. The zero-order chi connectivity index (χ0) is 94.7. The molecule has 15 amide bonds. The SMILES string of the molecule is C[C@H](NC(=O)[C@H](Cc1ccccc1)NC(=O)[C@H](CCCCN)NC(=O)[C@H](CCCCN)NC(=O)[C@H](CCC(N)=O)NC(=O)[C@H](CS)NC(=O)[C@H](CO)NC(=O)[C@@H]1CCCN1C(=O)[C@H](Cc1c[nH]c2ccccc12)NC(=O)[C@H](CCCNC(=N)N)NC(=O)[C@H](CS)NC(=O)[C@H](CO)NC(=O)[C@H](Cc1ccccc1)NC(=O)[C@@H]1CCCN1)C(=O)N[C@@H](CCCNC(=N)N)C(=O)O. The number of hydrogen-bond acceptors (Lipinski definition) is 25. The molecule has 2 saturated heterocycles. The number of para-hydroxylation sites is 1. The van der Waals surface area contributed by atoms with Gasteiger partial charge in [0.2, 0.25) is 88.6 Å². The fourth-order valence-electron chi connectivity index (χ4n) is 14.4. The van der Waals surface area contributed by atoms with Crippen molar-refractivity contribution in [1.29, 1.82) is 10.8 Å². The van der Waals surface area contributed by atoms with Gasteiger partial charge in [-0.3, -0.25) is 82.7 Å². The average Bonchev–Trinajstić information content (AvgIpc) is 1.67. The molecule has 129 heavy (non-hydrogen) atoms. The first-order chi connectivity index (χ1) is 61.7. The number of carboxylic acid groups (broad SMARTS) is 1. The van der Waals surface area contributed by atoms with E-state index in [1.54, 1.807) is 91.1 Å². The molecule has 0 bridgehead atoms. The van der Waals surface area contributed by atoms with Crippen molar-refractivity contribution in [3.8, 4) is 0 Å². The summed E-state index contributed by atoms with van der Waals surface area (Å²) < 4.78 is 0. The molecule has 2 fully saturated rings. The van der Waals surface area contributed by atoms with Crippen molar-refractivity contribution in [3.63, 3.8) is 0 Å². The lowest BCUT2D eigenvalue weighted by molar-refractivity contribution is -0.142. The van der Waals surface area contributed by atoms with E-state index in [9.17, 15) is 87.2 Å². The van der Waals surface area contributed by atoms with Crippen LogP contribution in [0.5, 0.6) is 0 Å². The van der Waals surface area contributed by atoms with E-state index < -0.39 is 229 Å². The van der Waals surface area contributed by atoms with Gasteiger partial charge in [0.05, 0.1) is 19.3 Å². The van der Waals surface area contributed by atoms with Crippen LogP contribution in [-0.2, 0) is 96.0 Å². The van der Waals surface area contributed by atoms with E-state index in [0.717, 1.165) is 11.3 Å². The van der Waals surface area contributed by atoms with Gasteiger partial charge in [-0.05, 0) is 146 Å². The fourth-order valence-corrected chi connectivity index (χ4v) is 14.9. The highest BCUT2D eigenvalue weighted by molar-refractivity contribution is 7.80. The Kier molecular flexibility index (Phi) is 45.4.